The highest BCUT2D eigenvalue weighted by Gasteiger charge is 2.31. The fraction of sp³-hybridized carbons (Fsp3) is 0.375. The summed E-state index contributed by atoms with van der Waals surface area (Å²) in [5.41, 5.74) is 10.1. The zero-order valence-corrected chi connectivity index (χ0v) is 12.2. The molecule has 0 aliphatic heterocycles. The van der Waals surface area contributed by atoms with Gasteiger partial charge in [-0.25, -0.2) is 13.4 Å². The van der Waals surface area contributed by atoms with Crippen molar-refractivity contribution in [2.24, 2.45) is 11.5 Å². The molecule has 11 heteroatoms. The summed E-state index contributed by atoms with van der Waals surface area (Å²) in [5, 5.41) is 0. The predicted octanol–water partition coefficient (Wildman–Crippen LogP) is -0.934. The molecule has 0 aliphatic carbocycles. The number of amides is 2. The molecule has 0 saturated heterocycles. The number of hydrogen-bond donors (Lipinski definition) is 2. The molecule has 0 bridgehead atoms. The number of carbonyl (C=O) groups is 2. The molecule has 0 spiro atoms. The van der Waals surface area contributed by atoms with E-state index >= 15 is 0 Å². The van der Waals surface area contributed by atoms with Crippen molar-refractivity contribution in [2.45, 2.75) is 11.1 Å². The van der Waals surface area contributed by atoms with Gasteiger partial charge in [0.2, 0.25) is 11.8 Å². The zero-order chi connectivity index (χ0) is 14.8. The maximum Gasteiger partial charge on any atom is 0.255 e. The first-order chi connectivity index (χ1) is 8.64. The number of aromatic nitrogens is 1. The van der Waals surface area contributed by atoms with Gasteiger partial charge in [-0.1, -0.05) is 22.9 Å². The summed E-state index contributed by atoms with van der Waals surface area (Å²) in [6.07, 6.45) is 0. The van der Waals surface area contributed by atoms with E-state index < -0.39 is 34.9 Å². The van der Waals surface area contributed by atoms with Crippen LogP contribution < -0.4 is 11.5 Å². The maximum atomic E-state index is 12.3. The number of primary amides is 2. The van der Waals surface area contributed by atoms with Crippen molar-refractivity contribution in [3.63, 3.8) is 0 Å². The zero-order valence-electron chi connectivity index (χ0n) is 9.79. The van der Waals surface area contributed by atoms with Crippen LogP contribution in [0.5, 0.6) is 0 Å². The minimum absolute atomic E-state index is 0.0363. The van der Waals surface area contributed by atoms with Crippen molar-refractivity contribution < 1.29 is 18.0 Å². The van der Waals surface area contributed by atoms with E-state index in [1.54, 1.807) is 0 Å². The summed E-state index contributed by atoms with van der Waals surface area (Å²) in [5.74, 6) is -1.81. The maximum absolute atomic E-state index is 12.3. The second kappa shape index (κ2) is 5.82. The van der Waals surface area contributed by atoms with Crippen molar-refractivity contribution in [3.8, 4) is 0 Å². The molecular formula is C8H11ClN4O4S2. The van der Waals surface area contributed by atoms with E-state index in [1.807, 2.05) is 0 Å². The average molecular weight is 327 g/mol. The number of sulfonamides is 1. The highest BCUT2D eigenvalue weighted by atomic mass is 35.5. The molecule has 1 rings (SSSR count). The Hall–Kier alpha value is -1.23. The number of rotatable bonds is 6. The third kappa shape index (κ3) is 3.86. The van der Waals surface area contributed by atoms with Gasteiger partial charge in [0.15, 0.2) is 8.68 Å². The Labute approximate surface area is 118 Å². The summed E-state index contributed by atoms with van der Waals surface area (Å²) >= 11 is 6.35. The summed E-state index contributed by atoms with van der Waals surface area (Å²) in [6, 6.07) is 0. The molecule has 0 atom stereocenters. The van der Waals surface area contributed by atoms with E-state index in [-0.39, 0.29) is 14.4 Å². The second-order valence-corrected chi connectivity index (χ2v) is 7.26. The van der Waals surface area contributed by atoms with Gasteiger partial charge < -0.3 is 11.5 Å². The van der Waals surface area contributed by atoms with Crippen molar-refractivity contribution in [3.05, 3.63) is 10.2 Å². The van der Waals surface area contributed by atoms with Crippen LogP contribution in [0.1, 0.15) is 5.69 Å². The first kappa shape index (κ1) is 15.8. The van der Waals surface area contributed by atoms with Crippen LogP contribution in [-0.2, 0) is 19.6 Å². The van der Waals surface area contributed by atoms with Crippen molar-refractivity contribution in [1.82, 2.24) is 9.29 Å². The van der Waals surface area contributed by atoms with E-state index in [1.165, 1.54) is 6.92 Å². The molecule has 106 valence electrons. The molecule has 0 radical (unpaired) electrons. The lowest BCUT2D eigenvalue weighted by molar-refractivity contribution is -0.120. The van der Waals surface area contributed by atoms with Crippen LogP contribution in [0.2, 0.25) is 4.47 Å². The third-order valence-corrected chi connectivity index (χ3v) is 5.61. The van der Waals surface area contributed by atoms with E-state index in [4.69, 9.17) is 23.1 Å². The van der Waals surface area contributed by atoms with Gasteiger partial charge in [0.05, 0.1) is 18.8 Å². The molecule has 4 N–H and O–H groups in total. The molecule has 1 aromatic heterocycles. The standard InChI is InChI=1S/C8H11ClN4O4S2/c1-4-7(18-8(9)12-4)19(16,17)13(2-5(10)14)3-6(11)15/h2-3H2,1H3,(H2,10,14)(H2,11,15). The number of hydrogen-bond acceptors (Lipinski definition) is 6. The minimum atomic E-state index is -4.10. The fourth-order valence-corrected chi connectivity index (χ4v) is 4.53. The molecule has 19 heavy (non-hydrogen) atoms. The van der Waals surface area contributed by atoms with E-state index in [0.717, 1.165) is 11.3 Å². The summed E-state index contributed by atoms with van der Waals surface area (Å²) < 4.78 is 25.0. The Morgan fingerprint density at radius 2 is 1.79 bits per heavy atom. The molecule has 8 nitrogen and oxygen atoms in total. The van der Waals surface area contributed by atoms with Crippen LogP contribution in [0.3, 0.4) is 0 Å². The Balaban J connectivity index is 3.22. The Bertz CT molecular complexity index is 596. The smallest absolute Gasteiger partial charge is 0.255 e. The van der Waals surface area contributed by atoms with Crippen LogP contribution >= 0.6 is 22.9 Å². The highest BCUT2D eigenvalue weighted by molar-refractivity contribution is 7.91. The van der Waals surface area contributed by atoms with Gasteiger partial charge in [-0.2, -0.15) is 4.31 Å². The summed E-state index contributed by atoms with van der Waals surface area (Å²) in [7, 11) is -4.10. The average Bonchev–Trinajstić information content (AvgIpc) is 2.56. The SMILES string of the molecule is Cc1nc(Cl)sc1S(=O)(=O)N(CC(N)=O)CC(N)=O. The predicted molar refractivity (Wildman–Crippen MR) is 69.0 cm³/mol. The van der Waals surface area contributed by atoms with Crippen LogP contribution in [0.4, 0.5) is 0 Å². The second-order valence-electron chi connectivity index (χ2n) is 3.55. The largest absolute Gasteiger partial charge is 0.369 e. The Kier molecular flexibility index (Phi) is 4.85. The topological polar surface area (TPSA) is 136 Å². The van der Waals surface area contributed by atoms with E-state index in [0.29, 0.717) is 4.31 Å². The molecule has 1 aromatic rings. The lowest BCUT2D eigenvalue weighted by Crippen LogP contribution is -2.43. The molecular weight excluding hydrogens is 316 g/mol. The normalized spacial score (nSPS) is 11.7. The lowest BCUT2D eigenvalue weighted by Gasteiger charge is -2.18. The first-order valence-electron chi connectivity index (χ1n) is 4.84. The monoisotopic (exact) mass is 326 g/mol. The number of thiazole rings is 1. The van der Waals surface area contributed by atoms with Crippen LogP contribution in [0.15, 0.2) is 4.21 Å². The van der Waals surface area contributed by atoms with Gasteiger partial charge in [0, 0.05) is 0 Å². The van der Waals surface area contributed by atoms with Crippen molar-refractivity contribution in [1.29, 1.82) is 0 Å². The number of aryl methyl sites for hydroxylation is 1. The molecule has 0 unspecified atom stereocenters. The van der Waals surface area contributed by atoms with Gasteiger partial charge in [-0.3, -0.25) is 9.59 Å². The number of nitrogens with two attached hydrogens (primary N) is 2. The van der Waals surface area contributed by atoms with Gasteiger partial charge in [-0.05, 0) is 6.92 Å². The summed E-state index contributed by atoms with van der Waals surface area (Å²) in [4.78, 5) is 25.5. The molecule has 2 amide bonds. The van der Waals surface area contributed by atoms with Crippen LogP contribution in [0.25, 0.3) is 0 Å². The molecule has 1 heterocycles. The Morgan fingerprint density at radius 3 is 2.11 bits per heavy atom. The first-order valence-corrected chi connectivity index (χ1v) is 7.47. The molecule has 0 aliphatic rings. The number of halogens is 1. The molecule has 0 aromatic carbocycles. The van der Waals surface area contributed by atoms with E-state index in [2.05, 4.69) is 4.98 Å². The van der Waals surface area contributed by atoms with Gasteiger partial charge in [0.1, 0.15) is 0 Å². The number of nitrogens with zero attached hydrogens (tertiary/aromatic N) is 2. The minimum Gasteiger partial charge on any atom is -0.369 e. The van der Waals surface area contributed by atoms with Crippen LogP contribution in [-0.4, -0.2) is 42.6 Å². The van der Waals surface area contributed by atoms with Crippen molar-refractivity contribution in [2.75, 3.05) is 13.1 Å². The molecule has 0 fully saturated rings. The lowest BCUT2D eigenvalue weighted by atomic mass is 10.5. The fourth-order valence-electron chi connectivity index (χ4n) is 1.28. The van der Waals surface area contributed by atoms with Crippen LogP contribution in [0, 0.1) is 6.92 Å². The van der Waals surface area contributed by atoms with Gasteiger partial charge in [-0.15, -0.1) is 0 Å². The van der Waals surface area contributed by atoms with E-state index in [9.17, 15) is 18.0 Å². The van der Waals surface area contributed by atoms with Crippen molar-refractivity contribution >= 4 is 44.8 Å². The Morgan fingerprint density at radius 1 is 1.32 bits per heavy atom. The molecule has 0 saturated carbocycles. The quantitative estimate of drug-likeness (QED) is 0.695. The summed E-state index contributed by atoms with van der Waals surface area (Å²) in [6.45, 7) is 0.141. The number of carbonyl (C=O) groups excluding carboxylic acids is 2. The third-order valence-electron chi connectivity index (χ3n) is 1.97. The van der Waals surface area contributed by atoms with Gasteiger partial charge in [0.25, 0.3) is 10.0 Å². The van der Waals surface area contributed by atoms with Gasteiger partial charge >= 0.3 is 0 Å². The highest BCUT2D eigenvalue weighted by Crippen LogP contribution is 2.29.